The van der Waals surface area contributed by atoms with Crippen LogP contribution >= 0.6 is 15.9 Å². The highest BCUT2D eigenvalue weighted by Gasteiger charge is 2.23. The van der Waals surface area contributed by atoms with E-state index in [0.29, 0.717) is 31.7 Å². The third kappa shape index (κ3) is 5.62. The van der Waals surface area contributed by atoms with E-state index in [9.17, 15) is 14.0 Å². The number of benzene rings is 1. The fraction of sp³-hybridized carbons (Fsp3) is 0.500. The van der Waals surface area contributed by atoms with E-state index in [1.165, 1.54) is 18.2 Å². The van der Waals surface area contributed by atoms with Gasteiger partial charge in [-0.3, -0.25) is 14.5 Å². The van der Waals surface area contributed by atoms with Crippen molar-refractivity contribution in [2.45, 2.75) is 19.3 Å². The number of hydrogen-bond acceptors (Lipinski definition) is 3. The zero-order valence-corrected chi connectivity index (χ0v) is 17.0. The SMILES string of the molecule is O=C(/C=C/c1cc(Br)ccc1F)N1CCCN(CC(=O)N2CCCC2)CC1. The monoisotopic (exact) mass is 437 g/mol. The van der Waals surface area contributed by atoms with E-state index in [0.717, 1.165) is 43.4 Å². The van der Waals surface area contributed by atoms with Gasteiger partial charge in [-0.1, -0.05) is 15.9 Å². The number of halogens is 2. The van der Waals surface area contributed by atoms with E-state index >= 15 is 0 Å². The van der Waals surface area contributed by atoms with Crippen molar-refractivity contribution in [2.75, 3.05) is 45.8 Å². The minimum absolute atomic E-state index is 0.123. The molecule has 3 rings (SSSR count). The van der Waals surface area contributed by atoms with Gasteiger partial charge < -0.3 is 9.80 Å². The average Bonchev–Trinajstić information content (AvgIpc) is 3.10. The summed E-state index contributed by atoms with van der Waals surface area (Å²) in [7, 11) is 0. The van der Waals surface area contributed by atoms with E-state index in [1.807, 2.05) is 4.90 Å². The molecule has 0 N–H and O–H groups in total. The number of nitrogens with zero attached hydrogens (tertiary/aromatic N) is 3. The second-order valence-electron chi connectivity index (χ2n) is 7.04. The lowest BCUT2D eigenvalue weighted by Crippen LogP contribution is -2.41. The molecule has 2 aliphatic rings. The normalized spacial score (nSPS) is 18.9. The van der Waals surface area contributed by atoms with Gasteiger partial charge in [0.1, 0.15) is 5.82 Å². The van der Waals surface area contributed by atoms with Gasteiger partial charge in [-0.05, 0) is 43.5 Å². The lowest BCUT2D eigenvalue weighted by molar-refractivity contribution is -0.131. The van der Waals surface area contributed by atoms with E-state index in [1.54, 1.807) is 17.0 Å². The third-order valence-electron chi connectivity index (χ3n) is 5.08. The predicted molar refractivity (Wildman–Crippen MR) is 107 cm³/mol. The molecule has 0 atom stereocenters. The zero-order valence-electron chi connectivity index (χ0n) is 15.4. The molecule has 0 radical (unpaired) electrons. The van der Waals surface area contributed by atoms with Crippen LogP contribution in [0.1, 0.15) is 24.8 Å². The van der Waals surface area contributed by atoms with Crippen LogP contribution in [0.4, 0.5) is 4.39 Å². The lowest BCUT2D eigenvalue weighted by Gasteiger charge is -2.23. The van der Waals surface area contributed by atoms with Gasteiger partial charge in [-0.25, -0.2) is 4.39 Å². The number of hydrogen-bond donors (Lipinski definition) is 0. The molecule has 2 fully saturated rings. The maximum Gasteiger partial charge on any atom is 0.246 e. The summed E-state index contributed by atoms with van der Waals surface area (Å²) in [6.07, 6.45) is 5.97. The minimum Gasteiger partial charge on any atom is -0.342 e. The van der Waals surface area contributed by atoms with Crippen LogP contribution in [-0.4, -0.2) is 72.3 Å². The van der Waals surface area contributed by atoms with E-state index in [-0.39, 0.29) is 17.6 Å². The Labute approximate surface area is 167 Å². The highest BCUT2D eigenvalue weighted by molar-refractivity contribution is 9.10. The minimum atomic E-state index is -0.357. The molecule has 1 aromatic rings. The standard InChI is InChI=1S/C20H25BrFN3O2/c21-17-5-6-18(22)16(14-17)4-7-19(26)25-11-3-8-23(12-13-25)15-20(27)24-9-1-2-10-24/h4-7,14H,1-3,8-13,15H2/b7-4+. The Hall–Kier alpha value is -1.73. The summed E-state index contributed by atoms with van der Waals surface area (Å²) >= 11 is 3.31. The van der Waals surface area contributed by atoms with Crippen LogP contribution in [0, 0.1) is 5.82 Å². The van der Waals surface area contributed by atoms with Gasteiger partial charge in [0.05, 0.1) is 6.54 Å². The van der Waals surface area contributed by atoms with Crippen LogP contribution in [0.15, 0.2) is 28.7 Å². The molecule has 0 aromatic heterocycles. The summed E-state index contributed by atoms with van der Waals surface area (Å²) in [6, 6.07) is 4.64. The summed E-state index contributed by atoms with van der Waals surface area (Å²) < 4.78 is 14.6. The average molecular weight is 438 g/mol. The second-order valence-corrected chi connectivity index (χ2v) is 7.96. The van der Waals surface area contributed by atoms with Crippen LogP contribution in [0.5, 0.6) is 0 Å². The van der Waals surface area contributed by atoms with E-state index in [4.69, 9.17) is 0 Å². The molecule has 0 saturated carbocycles. The summed E-state index contributed by atoms with van der Waals surface area (Å²) in [5.74, 6) is -0.288. The van der Waals surface area contributed by atoms with Gasteiger partial charge in [0.2, 0.25) is 11.8 Å². The molecule has 0 bridgehead atoms. The van der Waals surface area contributed by atoms with Crippen molar-refractivity contribution in [3.63, 3.8) is 0 Å². The first-order valence-corrected chi connectivity index (χ1v) is 10.2. The fourth-order valence-corrected chi connectivity index (χ4v) is 3.89. The van der Waals surface area contributed by atoms with Crippen molar-refractivity contribution in [1.29, 1.82) is 0 Å². The zero-order chi connectivity index (χ0) is 19.2. The van der Waals surface area contributed by atoms with Gasteiger partial charge in [-0.2, -0.15) is 0 Å². The van der Waals surface area contributed by atoms with Crippen molar-refractivity contribution in [1.82, 2.24) is 14.7 Å². The first-order valence-electron chi connectivity index (χ1n) is 9.45. The Bertz CT molecular complexity index is 719. The molecule has 2 amide bonds. The molecule has 2 saturated heterocycles. The van der Waals surface area contributed by atoms with Gasteiger partial charge in [0.15, 0.2) is 0 Å². The first-order chi connectivity index (χ1) is 13.0. The largest absolute Gasteiger partial charge is 0.342 e. The third-order valence-corrected chi connectivity index (χ3v) is 5.57. The highest BCUT2D eigenvalue weighted by atomic mass is 79.9. The van der Waals surface area contributed by atoms with Crippen LogP contribution in [0.25, 0.3) is 6.08 Å². The lowest BCUT2D eigenvalue weighted by atomic mass is 10.2. The Morgan fingerprint density at radius 3 is 2.52 bits per heavy atom. The molecule has 0 aliphatic carbocycles. The fourth-order valence-electron chi connectivity index (χ4n) is 3.52. The van der Waals surface area contributed by atoms with E-state index < -0.39 is 0 Å². The number of amides is 2. The molecule has 2 heterocycles. The number of rotatable bonds is 4. The van der Waals surface area contributed by atoms with Crippen molar-refractivity contribution in [3.05, 3.63) is 40.1 Å². The molecule has 0 unspecified atom stereocenters. The van der Waals surface area contributed by atoms with Crippen LogP contribution in [0.2, 0.25) is 0 Å². The van der Waals surface area contributed by atoms with Crippen LogP contribution in [-0.2, 0) is 9.59 Å². The Kier molecular flexibility index (Phi) is 7.01. The second kappa shape index (κ2) is 9.46. The molecular weight excluding hydrogens is 413 g/mol. The topological polar surface area (TPSA) is 43.9 Å². The van der Waals surface area contributed by atoms with Crippen molar-refractivity contribution >= 4 is 33.8 Å². The molecular formula is C20H25BrFN3O2. The van der Waals surface area contributed by atoms with Crippen molar-refractivity contribution in [3.8, 4) is 0 Å². The van der Waals surface area contributed by atoms with Gasteiger partial charge >= 0.3 is 0 Å². The number of carbonyl (C=O) groups is 2. The van der Waals surface area contributed by atoms with Gasteiger partial charge in [0, 0.05) is 55.4 Å². The smallest absolute Gasteiger partial charge is 0.246 e. The van der Waals surface area contributed by atoms with Crippen LogP contribution in [0.3, 0.4) is 0 Å². The van der Waals surface area contributed by atoms with Crippen molar-refractivity contribution in [2.24, 2.45) is 0 Å². The Morgan fingerprint density at radius 2 is 1.74 bits per heavy atom. The molecule has 0 spiro atoms. The van der Waals surface area contributed by atoms with Gasteiger partial charge in [-0.15, -0.1) is 0 Å². The predicted octanol–water partition coefficient (Wildman–Crippen LogP) is 2.76. The molecule has 146 valence electrons. The quantitative estimate of drug-likeness (QED) is 0.680. The highest BCUT2D eigenvalue weighted by Crippen LogP contribution is 2.17. The Balaban J connectivity index is 1.52. The van der Waals surface area contributed by atoms with E-state index in [2.05, 4.69) is 20.8 Å². The summed E-state index contributed by atoms with van der Waals surface area (Å²) in [4.78, 5) is 30.6. The molecule has 5 nitrogen and oxygen atoms in total. The van der Waals surface area contributed by atoms with Crippen LogP contribution < -0.4 is 0 Å². The summed E-state index contributed by atoms with van der Waals surface area (Å²) in [6.45, 7) is 4.90. The maximum absolute atomic E-state index is 13.8. The van der Waals surface area contributed by atoms with Crippen molar-refractivity contribution < 1.29 is 14.0 Å². The number of likely N-dealkylation sites (tertiary alicyclic amines) is 1. The molecule has 2 aliphatic heterocycles. The summed E-state index contributed by atoms with van der Waals surface area (Å²) in [5, 5.41) is 0. The Morgan fingerprint density at radius 1 is 1.00 bits per heavy atom. The molecule has 27 heavy (non-hydrogen) atoms. The molecule has 7 heteroatoms. The number of carbonyl (C=O) groups excluding carboxylic acids is 2. The summed E-state index contributed by atoms with van der Waals surface area (Å²) in [5.41, 5.74) is 0.380. The maximum atomic E-state index is 13.8. The van der Waals surface area contributed by atoms with Gasteiger partial charge in [0.25, 0.3) is 0 Å². The first kappa shape index (κ1) is 20.0. The molecule has 1 aromatic carbocycles.